The molecule has 0 aliphatic heterocycles. The number of hydrogen-bond acceptors (Lipinski definition) is 3. The van der Waals surface area contributed by atoms with Crippen molar-refractivity contribution in [2.45, 2.75) is 19.4 Å². The Hall–Kier alpha value is -1.84. The molecule has 1 aromatic carbocycles. The molecule has 4 nitrogen and oxygen atoms in total. The summed E-state index contributed by atoms with van der Waals surface area (Å²) in [4.78, 5) is 10.8. The topological polar surface area (TPSA) is 70.4 Å². The van der Waals surface area contributed by atoms with Crippen LogP contribution in [0.3, 0.4) is 0 Å². The van der Waals surface area contributed by atoms with Crippen molar-refractivity contribution < 1.29 is 14.6 Å². The van der Waals surface area contributed by atoms with E-state index < -0.39 is 12.1 Å². The zero-order chi connectivity index (χ0) is 11.3. The molecule has 0 radical (unpaired) electrons. The highest BCUT2D eigenvalue weighted by Crippen LogP contribution is 2.08. The third kappa shape index (κ3) is 3.42. The van der Waals surface area contributed by atoms with E-state index in [9.17, 15) is 4.79 Å². The number of aliphatic carboxylic acids is 1. The molecule has 80 valence electrons. The number of carboxylic acids is 1. The molecule has 0 heterocycles. The van der Waals surface area contributed by atoms with Crippen molar-refractivity contribution in [3.8, 4) is 0 Å². The zero-order valence-electron chi connectivity index (χ0n) is 8.43. The molecule has 1 rings (SSSR count). The van der Waals surface area contributed by atoms with Crippen LogP contribution in [-0.4, -0.2) is 23.6 Å². The molecule has 0 aliphatic rings. The van der Waals surface area contributed by atoms with Crippen molar-refractivity contribution in [3.05, 3.63) is 35.4 Å². The van der Waals surface area contributed by atoms with E-state index in [-0.39, 0.29) is 6.42 Å². The normalized spacial score (nSPS) is 11.8. The van der Waals surface area contributed by atoms with Crippen LogP contribution in [0.5, 0.6) is 0 Å². The van der Waals surface area contributed by atoms with Crippen LogP contribution in [0.4, 0.5) is 0 Å². The van der Waals surface area contributed by atoms with E-state index in [0.29, 0.717) is 6.40 Å². The summed E-state index contributed by atoms with van der Waals surface area (Å²) in [7, 11) is 0. The Morgan fingerprint density at radius 3 is 2.93 bits per heavy atom. The summed E-state index contributed by atoms with van der Waals surface area (Å²) >= 11 is 0. The second kappa shape index (κ2) is 5.14. The van der Waals surface area contributed by atoms with Gasteiger partial charge in [0.25, 0.3) is 0 Å². The number of aryl methyl sites for hydroxylation is 1. The van der Waals surface area contributed by atoms with Crippen LogP contribution in [0, 0.1) is 12.3 Å². The van der Waals surface area contributed by atoms with Gasteiger partial charge in [0.15, 0.2) is 6.40 Å². The van der Waals surface area contributed by atoms with Gasteiger partial charge in [-0.2, -0.15) is 0 Å². The van der Waals surface area contributed by atoms with Crippen LogP contribution in [0.15, 0.2) is 24.3 Å². The van der Waals surface area contributed by atoms with E-state index >= 15 is 0 Å². The van der Waals surface area contributed by atoms with Gasteiger partial charge >= 0.3 is 5.97 Å². The van der Waals surface area contributed by atoms with Gasteiger partial charge in [0.1, 0.15) is 0 Å². The minimum Gasteiger partial charge on any atom is -0.478 e. The molecule has 0 amide bonds. The molecule has 0 aliphatic carbocycles. The monoisotopic (exact) mass is 207 g/mol. The van der Waals surface area contributed by atoms with Crippen molar-refractivity contribution in [1.82, 2.24) is 0 Å². The molecule has 0 aromatic heterocycles. The summed E-state index contributed by atoms with van der Waals surface area (Å²) in [6.07, 6.45) is -0.0506. The Kier molecular flexibility index (Phi) is 3.85. The minimum atomic E-state index is -1.06. The average Bonchev–Trinajstić information content (AvgIpc) is 2.17. The summed E-state index contributed by atoms with van der Waals surface area (Å²) in [5.41, 5.74) is 1.97. The summed E-state index contributed by atoms with van der Waals surface area (Å²) in [6.45, 7) is 1.94. The Balaban J connectivity index is 2.73. The highest BCUT2D eigenvalue weighted by Gasteiger charge is 2.18. The van der Waals surface area contributed by atoms with Crippen LogP contribution < -0.4 is 0 Å². The molecule has 2 N–H and O–H groups in total. The third-order valence-electron chi connectivity index (χ3n) is 2.01. The molecule has 0 unspecified atom stereocenters. The van der Waals surface area contributed by atoms with Gasteiger partial charge in [-0.05, 0) is 12.5 Å². The lowest BCUT2D eigenvalue weighted by Gasteiger charge is -2.11. The highest BCUT2D eigenvalue weighted by atomic mass is 16.5. The van der Waals surface area contributed by atoms with Crippen LogP contribution in [0.2, 0.25) is 0 Å². The fourth-order valence-electron chi connectivity index (χ4n) is 1.33. The Morgan fingerprint density at radius 1 is 1.67 bits per heavy atom. The minimum absolute atomic E-state index is 0.270. The van der Waals surface area contributed by atoms with Crippen LogP contribution in [0.1, 0.15) is 11.1 Å². The smallest absolute Gasteiger partial charge is 0.345 e. The van der Waals surface area contributed by atoms with E-state index in [2.05, 4.69) is 4.74 Å². The van der Waals surface area contributed by atoms with Crippen molar-refractivity contribution in [2.24, 2.45) is 0 Å². The van der Waals surface area contributed by atoms with Crippen molar-refractivity contribution in [2.75, 3.05) is 0 Å². The standard InChI is InChI=1S/C11H13NO3/c1-8-3-2-4-9(5-8)6-10(11(13)14)15-7-12/h2-5,7,10,12H,6H2,1H3,(H,13,14)/t10-/m0/s1. The first-order chi connectivity index (χ1) is 7.13. The lowest BCUT2D eigenvalue weighted by Crippen LogP contribution is -2.25. The van der Waals surface area contributed by atoms with Crippen LogP contribution in [0.25, 0.3) is 0 Å². The third-order valence-corrected chi connectivity index (χ3v) is 2.01. The number of ether oxygens (including phenoxy) is 1. The maximum atomic E-state index is 10.8. The molecular weight excluding hydrogens is 194 g/mol. The predicted octanol–water partition coefficient (Wildman–Crippen LogP) is 1.61. The van der Waals surface area contributed by atoms with E-state index in [0.717, 1.165) is 11.1 Å². The first-order valence-corrected chi connectivity index (χ1v) is 4.56. The number of benzene rings is 1. The van der Waals surface area contributed by atoms with Gasteiger partial charge in [-0.1, -0.05) is 29.8 Å². The fourth-order valence-corrected chi connectivity index (χ4v) is 1.33. The van der Waals surface area contributed by atoms with Crippen LogP contribution >= 0.6 is 0 Å². The van der Waals surface area contributed by atoms with Crippen LogP contribution in [-0.2, 0) is 16.0 Å². The number of carboxylic acid groups (broad SMARTS) is 1. The Labute approximate surface area is 88.0 Å². The molecule has 0 spiro atoms. The maximum absolute atomic E-state index is 10.8. The number of rotatable bonds is 5. The van der Waals surface area contributed by atoms with Gasteiger partial charge in [0, 0.05) is 6.42 Å². The molecular formula is C11H13NO3. The number of hydrogen-bond donors (Lipinski definition) is 2. The SMILES string of the molecule is Cc1cccc(C[C@H](OC=N)C(=O)O)c1. The number of nitrogens with one attached hydrogen (secondary N) is 1. The lowest BCUT2D eigenvalue weighted by atomic mass is 10.1. The summed E-state index contributed by atoms with van der Waals surface area (Å²) in [5.74, 6) is -1.06. The number of carbonyl (C=O) groups is 1. The van der Waals surface area contributed by atoms with E-state index in [1.165, 1.54) is 0 Å². The molecule has 0 saturated heterocycles. The summed E-state index contributed by atoms with van der Waals surface area (Å²) in [6, 6.07) is 7.56. The summed E-state index contributed by atoms with van der Waals surface area (Å²) < 4.78 is 4.69. The molecule has 4 heteroatoms. The highest BCUT2D eigenvalue weighted by molar-refractivity contribution is 5.74. The van der Waals surface area contributed by atoms with Gasteiger partial charge in [0.05, 0.1) is 0 Å². The second-order valence-corrected chi connectivity index (χ2v) is 3.27. The van der Waals surface area contributed by atoms with Gasteiger partial charge in [0.2, 0.25) is 6.10 Å². The van der Waals surface area contributed by atoms with Crippen molar-refractivity contribution >= 4 is 12.4 Å². The largest absolute Gasteiger partial charge is 0.478 e. The predicted molar refractivity (Wildman–Crippen MR) is 56.2 cm³/mol. The Bertz CT molecular complexity index is 363. The van der Waals surface area contributed by atoms with Gasteiger partial charge in [-0.15, -0.1) is 0 Å². The van der Waals surface area contributed by atoms with Gasteiger partial charge in [-0.25, -0.2) is 4.79 Å². The summed E-state index contributed by atoms with van der Waals surface area (Å²) in [5, 5.41) is 15.5. The average molecular weight is 207 g/mol. The van der Waals surface area contributed by atoms with Crippen molar-refractivity contribution in [3.63, 3.8) is 0 Å². The van der Waals surface area contributed by atoms with E-state index in [1.54, 1.807) is 0 Å². The lowest BCUT2D eigenvalue weighted by molar-refractivity contribution is -0.145. The van der Waals surface area contributed by atoms with Gasteiger partial charge < -0.3 is 9.84 Å². The second-order valence-electron chi connectivity index (χ2n) is 3.27. The first kappa shape index (κ1) is 11.2. The molecule has 0 bridgehead atoms. The molecule has 0 saturated carbocycles. The van der Waals surface area contributed by atoms with Crippen molar-refractivity contribution in [1.29, 1.82) is 5.41 Å². The fraction of sp³-hybridized carbons (Fsp3) is 0.273. The zero-order valence-corrected chi connectivity index (χ0v) is 8.43. The molecule has 1 aromatic rings. The van der Waals surface area contributed by atoms with Gasteiger partial charge in [-0.3, -0.25) is 5.41 Å². The maximum Gasteiger partial charge on any atom is 0.345 e. The van der Waals surface area contributed by atoms with E-state index in [1.807, 2.05) is 31.2 Å². The molecule has 0 fully saturated rings. The molecule has 1 atom stereocenters. The quantitative estimate of drug-likeness (QED) is 0.569. The Morgan fingerprint density at radius 2 is 2.40 bits per heavy atom. The van der Waals surface area contributed by atoms with E-state index in [4.69, 9.17) is 10.5 Å². The first-order valence-electron chi connectivity index (χ1n) is 4.56. The molecule has 15 heavy (non-hydrogen) atoms.